The van der Waals surface area contributed by atoms with Crippen LogP contribution in [0.2, 0.25) is 0 Å². The van der Waals surface area contributed by atoms with Crippen molar-refractivity contribution in [2.75, 3.05) is 13.2 Å². The summed E-state index contributed by atoms with van der Waals surface area (Å²) in [6.07, 6.45) is 4.01. The molecule has 1 rings (SSSR count). The predicted octanol–water partition coefficient (Wildman–Crippen LogP) is 2.27. The second-order valence-electron chi connectivity index (χ2n) is 5.32. The van der Waals surface area contributed by atoms with Crippen molar-refractivity contribution in [1.82, 2.24) is 9.88 Å². The van der Waals surface area contributed by atoms with Crippen molar-refractivity contribution >= 4 is 18.0 Å². The first kappa shape index (κ1) is 19.2. The quantitative estimate of drug-likeness (QED) is 0.343. The van der Waals surface area contributed by atoms with Crippen molar-refractivity contribution in [1.29, 1.82) is 5.26 Å². The molecule has 0 saturated heterocycles. The number of amides is 1. The van der Waals surface area contributed by atoms with E-state index >= 15 is 0 Å². The smallest absolute Gasteiger partial charge is 0.349 e. The SMILES string of the molecule is C=CCNC(=O)COC(=O)C(C#N)=Cc1cc(C)n(CCC)c1C. The van der Waals surface area contributed by atoms with Gasteiger partial charge in [0, 0.05) is 24.5 Å². The summed E-state index contributed by atoms with van der Waals surface area (Å²) < 4.78 is 7.00. The Balaban J connectivity index is 2.86. The van der Waals surface area contributed by atoms with Gasteiger partial charge in [0.15, 0.2) is 6.61 Å². The van der Waals surface area contributed by atoms with Crippen molar-refractivity contribution in [2.45, 2.75) is 33.7 Å². The molecular formula is C18H23N3O3. The van der Waals surface area contributed by atoms with Crippen LogP contribution in [-0.2, 0) is 20.9 Å². The zero-order chi connectivity index (χ0) is 18.1. The average Bonchev–Trinajstić information content (AvgIpc) is 2.83. The number of nitrogens with zero attached hydrogens (tertiary/aromatic N) is 2. The Kier molecular flexibility index (Phi) is 7.50. The number of carbonyl (C=O) groups excluding carboxylic acids is 2. The minimum atomic E-state index is -0.813. The largest absolute Gasteiger partial charge is 0.451 e. The number of aryl methyl sites for hydroxylation is 1. The molecule has 0 atom stereocenters. The van der Waals surface area contributed by atoms with Gasteiger partial charge in [0.05, 0.1) is 0 Å². The van der Waals surface area contributed by atoms with Crippen molar-refractivity contribution in [2.24, 2.45) is 0 Å². The molecule has 1 aromatic heterocycles. The number of aromatic nitrogens is 1. The van der Waals surface area contributed by atoms with Gasteiger partial charge in [-0.2, -0.15) is 5.26 Å². The summed E-state index contributed by atoms with van der Waals surface area (Å²) in [7, 11) is 0. The van der Waals surface area contributed by atoms with E-state index in [-0.39, 0.29) is 5.57 Å². The number of rotatable bonds is 8. The third-order valence-electron chi connectivity index (χ3n) is 3.48. The molecule has 1 amide bonds. The molecule has 0 unspecified atom stereocenters. The van der Waals surface area contributed by atoms with Crippen LogP contribution in [0.1, 0.15) is 30.3 Å². The highest BCUT2D eigenvalue weighted by Crippen LogP contribution is 2.19. The van der Waals surface area contributed by atoms with Crippen molar-refractivity contribution < 1.29 is 14.3 Å². The Bertz CT molecular complexity index is 693. The van der Waals surface area contributed by atoms with E-state index in [9.17, 15) is 14.9 Å². The predicted molar refractivity (Wildman–Crippen MR) is 92.0 cm³/mol. The maximum atomic E-state index is 12.0. The van der Waals surface area contributed by atoms with Crippen LogP contribution in [0.15, 0.2) is 24.3 Å². The highest BCUT2D eigenvalue weighted by atomic mass is 16.5. The van der Waals surface area contributed by atoms with Gasteiger partial charge in [-0.25, -0.2) is 4.79 Å². The number of hydrogen-bond donors (Lipinski definition) is 1. The van der Waals surface area contributed by atoms with Crippen LogP contribution in [0.5, 0.6) is 0 Å². The summed E-state index contributed by atoms with van der Waals surface area (Å²) in [5, 5.41) is 11.7. The minimum Gasteiger partial charge on any atom is -0.451 e. The van der Waals surface area contributed by atoms with Gasteiger partial charge in [-0.05, 0) is 38.0 Å². The van der Waals surface area contributed by atoms with E-state index in [0.717, 1.165) is 29.9 Å². The van der Waals surface area contributed by atoms with Crippen LogP contribution in [0.25, 0.3) is 6.08 Å². The first-order valence-electron chi connectivity index (χ1n) is 7.77. The van der Waals surface area contributed by atoms with Crippen LogP contribution in [0, 0.1) is 25.2 Å². The van der Waals surface area contributed by atoms with Gasteiger partial charge in [0.1, 0.15) is 11.6 Å². The third-order valence-corrected chi connectivity index (χ3v) is 3.48. The van der Waals surface area contributed by atoms with E-state index in [2.05, 4.69) is 23.4 Å². The summed E-state index contributed by atoms with van der Waals surface area (Å²) >= 11 is 0. The lowest BCUT2D eigenvalue weighted by atomic mass is 10.1. The molecule has 6 nitrogen and oxygen atoms in total. The molecule has 1 heterocycles. The Morgan fingerprint density at radius 3 is 2.75 bits per heavy atom. The van der Waals surface area contributed by atoms with Gasteiger partial charge in [-0.1, -0.05) is 13.0 Å². The van der Waals surface area contributed by atoms with Gasteiger partial charge in [0.25, 0.3) is 5.91 Å². The zero-order valence-corrected chi connectivity index (χ0v) is 14.4. The van der Waals surface area contributed by atoms with E-state index in [4.69, 9.17) is 4.74 Å². The molecule has 0 spiro atoms. The number of nitrogens with one attached hydrogen (secondary N) is 1. The highest BCUT2D eigenvalue weighted by molar-refractivity contribution is 5.99. The summed E-state index contributed by atoms with van der Waals surface area (Å²) in [5.74, 6) is -1.26. The molecule has 0 aliphatic heterocycles. The fourth-order valence-electron chi connectivity index (χ4n) is 2.28. The average molecular weight is 329 g/mol. The van der Waals surface area contributed by atoms with Gasteiger partial charge in [-0.3, -0.25) is 4.79 Å². The van der Waals surface area contributed by atoms with Crippen molar-refractivity contribution in [3.05, 3.63) is 41.2 Å². The molecule has 0 radical (unpaired) electrons. The van der Waals surface area contributed by atoms with Crippen LogP contribution >= 0.6 is 0 Å². The number of esters is 1. The Labute approximate surface area is 142 Å². The second kappa shape index (κ2) is 9.36. The van der Waals surface area contributed by atoms with Crippen molar-refractivity contribution in [3.63, 3.8) is 0 Å². The van der Waals surface area contributed by atoms with E-state index < -0.39 is 18.5 Å². The number of nitriles is 1. The molecule has 0 fully saturated rings. The fourth-order valence-corrected chi connectivity index (χ4v) is 2.28. The Morgan fingerprint density at radius 2 is 2.17 bits per heavy atom. The van der Waals surface area contributed by atoms with Crippen LogP contribution < -0.4 is 5.32 Å². The molecule has 0 bridgehead atoms. The molecule has 6 heteroatoms. The van der Waals surface area contributed by atoms with Crippen LogP contribution in [-0.4, -0.2) is 29.6 Å². The number of ether oxygens (including phenoxy) is 1. The molecular weight excluding hydrogens is 306 g/mol. The Morgan fingerprint density at radius 1 is 1.46 bits per heavy atom. The number of carbonyl (C=O) groups is 2. The summed E-state index contributed by atoms with van der Waals surface area (Å²) in [4.78, 5) is 23.4. The molecule has 0 aliphatic carbocycles. The third kappa shape index (κ3) is 5.13. The molecule has 128 valence electrons. The molecule has 1 N–H and O–H groups in total. The van der Waals surface area contributed by atoms with E-state index in [0.29, 0.717) is 6.54 Å². The number of hydrogen-bond acceptors (Lipinski definition) is 4. The van der Waals surface area contributed by atoms with Gasteiger partial charge in [-0.15, -0.1) is 6.58 Å². The highest BCUT2D eigenvalue weighted by Gasteiger charge is 2.15. The fraction of sp³-hybridized carbons (Fsp3) is 0.389. The lowest BCUT2D eigenvalue weighted by Crippen LogP contribution is -2.28. The maximum absolute atomic E-state index is 12.0. The standard InChI is InChI=1S/C18H23N3O3/c1-5-7-20-17(22)12-24-18(23)16(11-19)10-15-9-13(3)21(8-6-2)14(15)4/h5,9-10H,1,6-8,12H2,2-4H3,(H,20,22). The summed E-state index contributed by atoms with van der Waals surface area (Å²) in [5.41, 5.74) is 2.71. The van der Waals surface area contributed by atoms with Crippen LogP contribution in [0.4, 0.5) is 0 Å². The van der Waals surface area contributed by atoms with Crippen molar-refractivity contribution in [3.8, 4) is 6.07 Å². The first-order chi connectivity index (χ1) is 11.4. The molecule has 0 aliphatic rings. The van der Waals surface area contributed by atoms with Gasteiger partial charge in [0.2, 0.25) is 0 Å². The normalized spacial score (nSPS) is 10.8. The maximum Gasteiger partial charge on any atom is 0.349 e. The molecule has 0 aromatic carbocycles. The lowest BCUT2D eigenvalue weighted by Gasteiger charge is -2.07. The van der Waals surface area contributed by atoms with E-state index in [1.807, 2.05) is 26.0 Å². The summed E-state index contributed by atoms with van der Waals surface area (Å²) in [6.45, 7) is 10.2. The molecule has 0 saturated carbocycles. The monoisotopic (exact) mass is 329 g/mol. The second-order valence-corrected chi connectivity index (χ2v) is 5.32. The molecule has 24 heavy (non-hydrogen) atoms. The lowest BCUT2D eigenvalue weighted by molar-refractivity contribution is -0.144. The van der Waals surface area contributed by atoms with E-state index in [1.54, 1.807) is 0 Å². The molecule has 1 aromatic rings. The van der Waals surface area contributed by atoms with Gasteiger partial charge >= 0.3 is 5.97 Å². The van der Waals surface area contributed by atoms with E-state index in [1.165, 1.54) is 12.2 Å². The Hall–Kier alpha value is -2.81. The van der Waals surface area contributed by atoms with Crippen LogP contribution in [0.3, 0.4) is 0 Å². The first-order valence-corrected chi connectivity index (χ1v) is 7.77. The summed E-state index contributed by atoms with van der Waals surface area (Å²) in [6, 6.07) is 3.76. The minimum absolute atomic E-state index is 0.136. The van der Waals surface area contributed by atoms with Gasteiger partial charge < -0.3 is 14.6 Å². The zero-order valence-electron chi connectivity index (χ0n) is 14.4. The topological polar surface area (TPSA) is 84.1 Å².